The summed E-state index contributed by atoms with van der Waals surface area (Å²) in [6.45, 7) is 5.90. The molecule has 0 aliphatic carbocycles. The van der Waals surface area contributed by atoms with Gasteiger partial charge in [0, 0.05) is 16.2 Å². The van der Waals surface area contributed by atoms with Crippen LogP contribution in [0.25, 0.3) is 0 Å². The van der Waals surface area contributed by atoms with Crippen molar-refractivity contribution in [3.8, 4) is 0 Å². The molecule has 1 rings (SSSR count). The number of hydrogen-bond acceptors (Lipinski definition) is 1. The summed E-state index contributed by atoms with van der Waals surface area (Å²) in [5.74, 6) is 0. The minimum atomic E-state index is 0.488. The van der Waals surface area contributed by atoms with Crippen LogP contribution in [0.3, 0.4) is 0 Å². The van der Waals surface area contributed by atoms with Crippen LogP contribution < -0.4 is 5.32 Å². The predicted molar refractivity (Wildman–Crippen MR) is 66.7 cm³/mol. The molecule has 0 radical (unpaired) electrons. The third-order valence-corrected chi connectivity index (χ3v) is 2.53. The van der Waals surface area contributed by atoms with Crippen molar-refractivity contribution in [2.24, 2.45) is 0 Å². The molecule has 1 unspecified atom stereocenters. The molecule has 1 aromatic rings. The Morgan fingerprint density at radius 2 is 2.36 bits per heavy atom. The molecular weight excluding hydrogens is 238 g/mol. The summed E-state index contributed by atoms with van der Waals surface area (Å²) in [5.41, 5.74) is 1.16. The zero-order chi connectivity index (χ0) is 10.4. The fourth-order valence-corrected chi connectivity index (χ4v) is 1.70. The van der Waals surface area contributed by atoms with Gasteiger partial charge in [-0.1, -0.05) is 28.1 Å². The number of halogens is 1. The van der Waals surface area contributed by atoms with E-state index in [9.17, 15) is 0 Å². The number of anilines is 1. The molecule has 0 bridgehead atoms. The first kappa shape index (κ1) is 11.3. The molecule has 0 amide bonds. The van der Waals surface area contributed by atoms with E-state index in [1.54, 1.807) is 0 Å². The highest BCUT2D eigenvalue weighted by molar-refractivity contribution is 9.10. The Balaban J connectivity index is 2.47. The van der Waals surface area contributed by atoms with E-state index >= 15 is 0 Å². The smallest absolute Gasteiger partial charge is 0.0353 e. The van der Waals surface area contributed by atoms with Gasteiger partial charge in [0.2, 0.25) is 0 Å². The van der Waals surface area contributed by atoms with Gasteiger partial charge < -0.3 is 5.32 Å². The van der Waals surface area contributed by atoms with Gasteiger partial charge in [-0.2, -0.15) is 0 Å². The van der Waals surface area contributed by atoms with E-state index in [1.807, 2.05) is 18.2 Å². The summed E-state index contributed by atoms with van der Waals surface area (Å²) in [7, 11) is 0. The molecule has 0 fully saturated rings. The van der Waals surface area contributed by atoms with Crippen molar-refractivity contribution in [3.63, 3.8) is 0 Å². The highest BCUT2D eigenvalue weighted by Crippen LogP contribution is 2.17. The number of rotatable bonds is 5. The minimum absolute atomic E-state index is 0.488. The number of allylic oxidation sites excluding steroid dienone is 1. The molecular formula is C12H16BrN. The Morgan fingerprint density at radius 3 is 3.00 bits per heavy atom. The molecule has 0 saturated heterocycles. The van der Waals surface area contributed by atoms with Crippen molar-refractivity contribution in [3.05, 3.63) is 41.4 Å². The van der Waals surface area contributed by atoms with Crippen LogP contribution in [0.15, 0.2) is 41.4 Å². The SMILES string of the molecule is C=CCCC(C)Nc1cccc(Br)c1. The van der Waals surface area contributed by atoms with Crippen LogP contribution in [0, 0.1) is 0 Å². The van der Waals surface area contributed by atoms with E-state index in [4.69, 9.17) is 0 Å². The Hall–Kier alpha value is -0.760. The Kier molecular flexibility index (Phi) is 4.74. The van der Waals surface area contributed by atoms with E-state index in [0.29, 0.717) is 6.04 Å². The van der Waals surface area contributed by atoms with Gasteiger partial charge >= 0.3 is 0 Å². The van der Waals surface area contributed by atoms with E-state index in [1.165, 1.54) is 0 Å². The third kappa shape index (κ3) is 3.97. The summed E-state index contributed by atoms with van der Waals surface area (Å²) in [4.78, 5) is 0. The zero-order valence-electron chi connectivity index (χ0n) is 8.46. The summed E-state index contributed by atoms with van der Waals surface area (Å²) in [5, 5.41) is 3.44. The van der Waals surface area contributed by atoms with Crippen LogP contribution >= 0.6 is 15.9 Å². The molecule has 1 atom stereocenters. The summed E-state index contributed by atoms with van der Waals surface area (Å²) in [6, 6.07) is 8.72. The second-order valence-corrected chi connectivity index (χ2v) is 4.34. The van der Waals surface area contributed by atoms with E-state index < -0.39 is 0 Å². The topological polar surface area (TPSA) is 12.0 Å². The van der Waals surface area contributed by atoms with E-state index in [-0.39, 0.29) is 0 Å². The lowest BCUT2D eigenvalue weighted by Gasteiger charge is -2.14. The minimum Gasteiger partial charge on any atom is -0.383 e. The average Bonchev–Trinajstić information content (AvgIpc) is 2.15. The van der Waals surface area contributed by atoms with Crippen molar-refractivity contribution in [2.75, 3.05) is 5.32 Å². The summed E-state index contributed by atoms with van der Waals surface area (Å²) < 4.78 is 1.11. The maximum absolute atomic E-state index is 3.72. The van der Waals surface area contributed by atoms with Gasteiger partial charge in [-0.05, 0) is 38.0 Å². The normalized spacial score (nSPS) is 12.1. The Morgan fingerprint density at radius 1 is 1.57 bits per heavy atom. The average molecular weight is 254 g/mol. The van der Waals surface area contributed by atoms with Gasteiger partial charge in [-0.15, -0.1) is 6.58 Å². The van der Waals surface area contributed by atoms with Crippen molar-refractivity contribution in [1.29, 1.82) is 0 Å². The van der Waals surface area contributed by atoms with Crippen LogP contribution in [-0.4, -0.2) is 6.04 Å². The second-order valence-electron chi connectivity index (χ2n) is 3.42. The summed E-state index contributed by atoms with van der Waals surface area (Å²) >= 11 is 3.45. The van der Waals surface area contributed by atoms with Gasteiger partial charge in [0.1, 0.15) is 0 Å². The predicted octanol–water partition coefficient (Wildman–Crippen LogP) is 4.22. The number of nitrogens with one attached hydrogen (secondary N) is 1. The molecule has 1 nitrogen and oxygen atoms in total. The molecule has 0 aliphatic heterocycles. The van der Waals surface area contributed by atoms with Crippen LogP contribution in [-0.2, 0) is 0 Å². The Bertz CT molecular complexity index is 296. The lowest BCUT2D eigenvalue weighted by atomic mass is 10.1. The Labute approximate surface area is 94.3 Å². The molecule has 0 saturated carbocycles. The third-order valence-electron chi connectivity index (χ3n) is 2.04. The van der Waals surface area contributed by atoms with E-state index in [0.717, 1.165) is 23.0 Å². The van der Waals surface area contributed by atoms with Crippen LogP contribution in [0.2, 0.25) is 0 Å². The van der Waals surface area contributed by atoms with Crippen molar-refractivity contribution < 1.29 is 0 Å². The molecule has 1 N–H and O–H groups in total. The first-order chi connectivity index (χ1) is 6.72. The second kappa shape index (κ2) is 5.86. The molecule has 0 aromatic heterocycles. The van der Waals surface area contributed by atoms with Gasteiger partial charge in [-0.3, -0.25) is 0 Å². The standard InChI is InChI=1S/C12H16BrN/c1-3-4-6-10(2)14-12-8-5-7-11(13)9-12/h3,5,7-10,14H,1,4,6H2,2H3. The maximum Gasteiger partial charge on any atom is 0.0353 e. The lowest BCUT2D eigenvalue weighted by Crippen LogP contribution is -2.14. The van der Waals surface area contributed by atoms with Crippen LogP contribution in [0.1, 0.15) is 19.8 Å². The maximum atomic E-state index is 3.72. The lowest BCUT2D eigenvalue weighted by molar-refractivity contribution is 0.719. The number of benzene rings is 1. The van der Waals surface area contributed by atoms with Gasteiger partial charge in [0.25, 0.3) is 0 Å². The van der Waals surface area contributed by atoms with Gasteiger partial charge in [0.05, 0.1) is 0 Å². The molecule has 2 heteroatoms. The summed E-state index contributed by atoms with van der Waals surface area (Å²) in [6.07, 6.45) is 4.14. The molecule has 0 aliphatic rings. The van der Waals surface area contributed by atoms with Gasteiger partial charge in [0.15, 0.2) is 0 Å². The fourth-order valence-electron chi connectivity index (χ4n) is 1.30. The van der Waals surface area contributed by atoms with Crippen LogP contribution in [0.4, 0.5) is 5.69 Å². The van der Waals surface area contributed by atoms with Crippen LogP contribution in [0.5, 0.6) is 0 Å². The molecule has 0 spiro atoms. The fraction of sp³-hybridized carbons (Fsp3) is 0.333. The quantitative estimate of drug-likeness (QED) is 0.776. The van der Waals surface area contributed by atoms with Gasteiger partial charge in [-0.25, -0.2) is 0 Å². The van der Waals surface area contributed by atoms with E-state index in [2.05, 4.69) is 46.9 Å². The monoisotopic (exact) mass is 253 g/mol. The molecule has 0 heterocycles. The van der Waals surface area contributed by atoms with Crippen molar-refractivity contribution in [1.82, 2.24) is 0 Å². The van der Waals surface area contributed by atoms with Crippen molar-refractivity contribution >= 4 is 21.6 Å². The molecule has 1 aromatic carbocycles. The first-order valence-electron chi connectivity index (χ1n) is 4.85. The highest BCUT2D eigenvalue weighted by Gasteiger charge is 2.00. The molecule has 76 valence electrons. The van der Waals surface area contributed by atoms with Crippen molar-refractivity contribution in [2.45, 2.75) is 25.8 Å². The zero-order valence-corrected chi connectivity index (χ0v) is 10.0. The first-order valence-corrected chi connectivity index (χ1v) is 5.64. The largest absolute Gasteiger partial charge is 0.383 e. The molecule has 14 heavy (non-hydrogen) atoms. The highest BCUT2D eigenvalue weighted by atomic mass is 79.9. The number of hydrogen-bond donors (Lipinski definition) is 1.